The molecule has 1 aliphatic rings. The minimum Gasteiger partial charge on any atom is -0.396 e. The molecule has 0 saturated carbocycles. The van der Waals surface area contributed by atoms with E-state index in [1.54, 1.807) is 0 Å². The van der Waals surface area contributed by atoms with Gasteiger partial charge in [0.25, 0.3) is 0 Å². The minimum absolute atomic E-state index is 0.272. The van der Waals surface area contributed by atoms with Crippen LogP contribution in [0.4, 0.5) is 0 Å². The third-order valence-corrected chi connectivity index (χ3v) is 2.28. The van der Waals surface area contributed by atoms with Crippen LogP contribution in [0.5, 0.6) is 0 Å². The molecule has 0 fully saturated rings. The van der Waals surface area contributed by atoms with E-state index < -0.39 is 0 Å². The van der Waals surface area contributed by atoms with Gasteiger partial charge in [-0.1, -0.05) is 17.7 Å². The summed E-state index contributed by atoms with van der Waals surface area (Å²) in [5, 5.41) is 8.75. The van der Waals surface area contributed by atoms with E-state index in [1.165, 1.54) is 24.8 Å². The van der Waals surface area contributed by atoms with Crippen molar-refractivity contribution in [3.8, 4) is 0 Å². The molecule has 0 aromatic heterocycles. The van der Waals surface area contributed by atoms with Crippen LogP contribution in [0.1, 0.15) is 25.7 Å². The maximum Gasteiger partial charge on any atom is 0.0439 e. The fourth-order valence-corrected chi connectivity index (χ4v) is 1.63. The highest BCUT2D eigenvalue weighted by Crippen LogP contribution is 2.27. The van der Waals surface area contributed by atoms with E-state index in [9.17, 15) is 0 Å². The molecular weight excluding hydrogens is 136 g/mol. The predicted molar refractivity (Wildman–Crippen MR) is 47.3 cm³/mol. The molecule has 0 bridgehead atoms. The highest BCUT2D eigenvalue weighted by molar-refractivity contribution is 5.15. The van der Waals surface area contributed by atoms with Crippen LogP contribution in [0.2, 0.25) is 0 Å². The van der Waals surface area contributed by atoms with Gasteiger partial charge in [-0.05, 0) is 31.6 Å². The van der Waals surface area contributed by atoms with Crippen LogP contribution in [-0.4, -0.2) is 11.7 Å². The van der Waals surface area contributed by atoms with Gasteiger partial charge in [0.2, 0.25) is 0 Å². The first-order valence-electron chi connectivity index (χ1n) is 4.31. The molecule has 0 spiro atoms. The molecule has 1 unspecified atom stereocenters. The zero-order valence-corrected chi connectivity index (χ0v) is 6.92. The van der Waals surface area contributed by atoms with E-state index in [0.717, 1.165) is 6.42 Å². The molecule has 1 rings (SSSR count). The Bertz CT molecular complexity index is 158. The molecule has 1 aliphatic carbocycles. The SMILES string of the molecule is C=CC(CCO)C1=CCCC1. The van der Waals surface area contributed by atoms with E-state index in [-0.39, 0.29) is 6.61 Å². The second kappa shape index (κ2) is 4.35. The summed E-state index contributed by atoms with van der Waals surface area (Å²) in [4.78, 5) is 0. The number of aliphatic hydroxyl groups is 1. The van der Waals surface area contributed by atoms with Crippen LogP contribution < -0.4 is 0 Å². The summed E-state index contributed by atoms with van der Waals surface area (Å²) in [7, 11) is 0. The summed E-state index contributed by atoms with van der Waals surface area (Å²) in [6, 6.07) is 0. The van der Waals surface area contributed by atoms with E-state index in [4.69, 9.17) is 5.11 Å². The van der Waals surface area contributed by atoms with Gasteiger partial charge in [0.15, 0.2) is 0 Å². The average molecular weight is 152 g/mol. The Morgan fingerprint density at radius 1 is 1.73 bits per heavy atom. The van der Waals surface area contributed by atoms with Crippen molar-refractivity contribution < 1.29 is 5.11 Å². The topological polar surface area (TPSA) is 20.2 Å². The first kappa shape index (κ1) is 8.54. The number of aliphatic hydroxyl groups excluding tert-OH is 1. The molecule has 0 saturated heterocycles. The van der Waals surface area contributed by atoms with Crippen LogP contribution >= 0.6 is 0 Å². The lowest BCUT2D eigenvalue weighted by atomic mass is 9.96. The lowest BCUT2D eigenvalue weighted by Gasteiger charge is -2.11. The highest BCUT2D eigenvalue weighted by atomic mass is 16.3. The Kier molecular flexibility index (Phi) is 3.37. The van der Waals surface area contributed by atoms with Crippen LogP contribution in [0.15, 0.2) is 24.3 Å². The van der Waals surface area contributed by atoms with Crippen molar-refractivity contribution in [3.63, 3.8) is 0 Å². The summed E-state index contributed by atoms with van der Waals surface area (Å²) in [6.45, 7) is 4.04. The smallest absolute Gasteiger partial charge is 0.0439 e. The molecule has 11 heavy (non-hydrogen) atoms. The Morgan fingerprint density at radius 2 is 2.55 bits per heavy atom. The molecule has 1 nitrogen and oxygen atoms in total. The summed E-state index contributed by atoms with van der Waals surface area (Å²) >= 11 is 0. The van der Waals surface area contributed by atoms with Crippen molar-refractivity contribution in [2.45, 2.75) is 25.7 Å². The van der Waals surface area contributed by atoms with E-state index in [1.807, 2.05) is 6.08 Å². The van der Waals surface area contributed by atoms with E-state index in [0.29, 0.717) is 5.92 Å². The van der Waals surface area contributed by atoms with Crippen LogP contribution in [-0.2, 0) is 0 Å². The van der Waals surface area contributed by atoms with Gasteiger partial charge in [-0.15, -0.1) is 6.58 Å². The molecule has 0 heterocycles. The molecular formula is C10H16O. The van der Waals surface area contributed by atoms with Crippen LogP contribution in [0.25, 0.3) is 0 Å². The zero-order chi connectivity index (χ0) is 8.10. The summed E-state index contributed by atoms with van der Waals surface area (Å²) in [5.41, 5.74) is 1.48. The summed E-state index contributed by atoms with van der Waals surface area (Å²) in [6.07, 6.45) is 8.79. The molecule has 0 radical (unpaired) electrons. The standard InChI is InChI=1S/C10H16O/c1-2-9(7-8-11)10-5-3-4-6-10/h2,5,9,11H,1,3-4,6-8H2. The van der Waals surface area contributed by atoms with E-state index in [2.05, 4.69) is 12.7 Å². The zero-order valence-electron chi connectivity index (χ0n) is 6.92. The number of allylic oxidation sites excluding steroid dienone is 3. The first-order chi connectivity index (χ1) is 5.38. The van der Waals surface area contributed by atoms with Crippen molar-refractivity contribution in [1.29, 1.82) is 0 Å². The van der Waals surface area contributed by atoms with Crippen LogP contribution in [0, 0.1) is 5.92 Å². The van der Waals surface area contributed by atoms with Gasteiger partial charge in [0, 0.05) is 6.61 Å². The monoisotopic (exact) mass is 152 g/mol. The number of hydrogen-bond donors (Lipinski definition) is 1. The van der Waals surface area contributed by atoms with Crippen LogP contribution in [0.3, 0.4) is 0 Å². The molecule has 0 aromatic rings. The lowest BCUT2D eigenvalue weighted by Crippen LogP contribution is -2.01. The maximum absolute atomic E-state index is 8.75. The summed E-state index contributed by atoms with van der Waals surface area (Å²) in [5.74, 6) is 0.433. The molecule has 1 N–H and O–H groups in total. The maximum atomic E-state index is 8.75. The Morgan fingerprint density at radius 3 is 3.00 bits per heavy atom. The average Bonchev–Trinajstić information content (AvgIpc) is 2.52. The molecule has 62 valence electrons. The highest BCUT2D eigenvalue weighted by Gasteiger charge is 2.12. The molecule has 0 aromatic carbocycles. The predicted octanol–water partition coefficient (Wildman–Crippen LogP) is 2.28. The van der Waals surface area contributed by atoms with Gasteiger partial charge in [0.05, 0.1) is 0 Å². The van der Waals surface area contributed by atoms with Gasteiger partial charge in [-0.25, -0.2) is 0 Å². The third-order valence-electron chi connectivity index (χ3n) is 2.28. The molecule has 1 heteroatoms. The third kappa shape index (κ3) is 2.19. The first-order valence-corrected chi connectivity index (χ1v) is 4.31. The minimum atomic E-state index is 0.272. The van der Waals surface area contributed by atoms with Crippen molar-refractivity contribution in [3.05, 3.63) is 24.3 Å². The Labute approximate surface area is 68.4 Å². The van der Waals surface area contributed by atoms with Gasteiger partial charge >= 0.3 is 0 Å². The van der Waals surface area contributed by atoms with Crippen molar-refractivity contribution in [2.75, 3.05) is 6.61 Å². The molecule has 0 amide bonds. The number of hydrogen-bond acceptors (Lipinski definition) is 1. The second-order valence-electron chi connectivity index (χ2n) is 3.03. The fraction of sp³-hybridized carbons (Fsp3) is 0.600. The number of rotatable bonds is 4. The fourth-order valence-electron chi connectivity index (χ4n) is 1.63. The largest absolute Gasteiger partial charge is 0.396 e. The van der Waals surface area contributed by atoms with Crippen molar-refractivity contribution in [1.82, 2.24) is 0 Å². The van der Waals surface area contributed by atoms with Crippen molar-refractivity contribution >= 4 is 0 Å². The van der Waals surface area contributed by atoms with Crippen molar-refractivity contribution in [2.24, 2.45) is 5.92 Å². The van der Waals surface area contributed by atoms with Gasteiger partial charge in [-0.2, -0.15) is 0 Å². The normalized spacial score (nSPS) is 19.5. The van der Waals surface area contributed by atoms with Gasteiger partial charge in [-0.3, -0.25) is 0 Å². The Hall–Kier alpha value is -0.560. The van der Waals surface area contributed by atoms with Gasteiger partial charge in [0.1, 0.15) is 0 Å². The Balaban J connectivity index is 2.46. The molecule has 1 atom stereocenters. The lowest BCUT2D eigenvalue weighted by molar-refractivity contribution is 0.276. The van der Waals surface area contributed by atoms with Gasteiger partial charge < -0.3 is 5.11 Å². The summed E-state index contributed by atoms with van der Waals surface area (Å²) < 4.78 is 0. The van der Waals surface area contributed by atoms with E-state index >= 15 is 0 Å². The molecule has 0 aliphatic heterocycles. The quantitative estimate of drug-likeness (QED) is 0.613. The second-order valence-corrected chi connectivity index (χ2v) is 3.03.